The van der Waals surface area contributed by atoms with Crippen molar-refractivity contribution in [2.45, 2.75) is 26.2 Å². The summed E-state index contributed by atoms with van der Waals surface area (Å²) in [6, 6.07) is 13.6. The number of carbonyl (C=O) groups is 2. The third kappa shape index (κ3) is 4.85. The Balaban J connectivity index is 1.20. The minimum Gasteiger partial charge on any atom is -0.493 e. The van der Waals surface area contributed by atoms with Gasteiger partial charge in [0.2, 0.25) is 5.91 Å². The van der Waals surface area contributed by atoms with Gasteiger partial charge < -0.3 is 20.3 Å². The van der Waals surface area contributed by atoms with Gasteiger partial charge in [-0.3, -0.25) is 4.79 Å². The number of ether oxygens (including phenoxy) is 1. The number of aromatic nitrogens is 1. The third-order valence-electron chi connectivity index (χ3n) is 6.07. The van der Waals surface area contributed by atoms with Crippen LogP contribution in [0.3, 0.4) is 0 Å². The van der Waals surface area contributed by atoms with E-state index in [9.17, 15) is 9.59 Å². The number of hydrogen-bond acceptors (Lipinski definition) is 5. The number of nitrogens with one attached hydrogen (secondary N) is 2. The molecule has 0 saturated carbocycles. The molecular formula is C25H26N4O3S. The molecule has 33 heavy (non-hydrogen) atoms. The number of benzene rings is 2. The maximum atomic E-state index is 12.9. The molecule has 3 heterocycles. The number of amides is 3. The van der Waals surface area contributed by atoms with Crippen molar-refractivity contribution in [1.82, 2.24) is 9.88 Å². The van der Waals surface area contributed by atoms with E-state index in [1.165, 1.54) is 16.9 Å². The van der Waals surface area contributed by atoms with E-state index in [0.29, 0.717) is 18.2 Å². The Hall–Kier alpha value is -3.39. The van der Waals surface area contributed by atoms with Crippen molar-refractivity contribution in [3.8, 4) is 17.0 Å². The average molecular weight is 463 g/mol. The minimum atomic E-state index is -0.258. The van der Waals surface area contributed by atoms with Gasteiger partial charge in [0.05, 0.1) is 18.2 Å². The van der Waals surface area contributed by atoms with Crippen LogP contribution in [0.5, 0.6) is 5.75 Å². The zero-order valence-electron chi connectivity index (χ0n) is 18.5. The maximum absolute atomic E-state index is 12.9. The molecule has 1 unspecified atom stereocenters. The molecule has 1 aromatic heterocycles. The molecule has 2 N–H and O–H groups in total. The molecule has 170 valence electrons. The van der Waals surface area contributed by atoms with Crippen LogP contribution in [-0.2, 0) is 11.2 Å². The number of fused-ring (bicyclic) bond motifs is 1. The van der Waals surface area contributed by atoms with E-state index < -0.39 is 0 Å². The second-order valence-corrected chi connectivity index (χ2v) is 9.39. The van der Waals surface area contributed by atoms with E-state index in [-0.39, 0.29) is 17.9 Å². The number of hydrogen-bond donors (Lipinski definition) is 2. The Labute approximate surface area is 196 Å². The number of likely N-dealkylation sites (tertiary alicyclic amines) is 1. The summed E-state index contributed by atoms with van der Waals surface area (Å²) in [6.07, 6.45) is 2.45. The first-order chi connectivity index (χ1) is 16.0. The minimum absolute atomic E-state index is 0.0914. The van der Waals surface area contributed by atoms with Gasteiger partial charge in [0, 0.05) is 36.1 Å². The first-order valence-corrected chi connectivity index (χ1v) is 12.1. The Morgan fingerprint density at radius 2 is 2.09 bits per heavy atom. The largest absolute Gasteiger partial charge is 0.493 e. The van der Waals surface area contributed by atoms with Crippen LogP contribution in [0, 0.1) is 12.8 Å². The van der Waals surface area contributed by atoms with Crippen LogP contribution < -0.4 is 15.4 Å². The SMILES string of the molecule is Cc1cccc(NC(=O)N2CCCC(C(=O)Nc3nc(-c4ccc5c(c4)CCO5)cs3)C2)c1. The van der Waals surface area contributed by atoms with E-state index in [2.05, 4.69) is 21.7 Å². The normalized spacial score (nSPS) is 17.2. The number of urea groups is 1. The molecule has 0 radical (unpaired) electrons. The molecule has 0 spiro atoms. The fourth-order valence-corrected chi connectivity index (χ4v) is 5.04. The lowest BCUT2D eigenvalue weighted by molar-refractivity contribution is -0.121. The molecule has 0 aliphatic carbocycles. The fourth-order valence-electron chi connectivity index (χ4n) is 4.32. The van der Waals surface area contributed by atoms with Crippen LogP contribution in [0.15, 0.2) is 47.8 Å². The topological polar surface area (TPSA) is 83.6 Å². The highest BCUT2D eigenvalue weighted by atomic mass is 32.1. The van der Waals surface area contributed by atoms with Gasteiger partial charge in [0.15, 0.2) is 5.13 Å². The van der Waals surface area contributed by atoms with Crippen molar-refractivity contribution in [3.63, 3.8) is 0 Å². The van der Waals surface area contributed by atoms with Crippen LogP contribution >= 0.6 is 11.3 Å². The third-order valence-corrected chi connectivity index (χ3v) is 6.83. The zero-order chi connectivity index (χ0) is 22.8. The van der Waals surface area contributed by atoms with Crippen LogP contribution in [0.25, 0.3) is 11.3 Å². The summed E-state index contributed by atoms with van der Waals surface area (Å²) < 4.78 is 5.57. The van der Waals surface area contributed by atoms with Crippen LogP contribution in [0.1, 0.15) is 24.0 Å². The van der Waals surface area contributed by atoms with Gasteiger partial charge in [0.1, 0.15) is 5.75 Å². The Morgan fingerprint density at radius 3 is 2.97 bits per heavy atom. The van der Waals surface area contributed by atoms with Crippen molar-refractivity contribution in [2.75, 3.05) is 30.3 Å². The molecule has 2 aromatic carbocycles. The second-order valence-electron chi connectivity index (χ2n) is 8.53. The lowest BCUT2D eigenvalue weighted by Gasteiger charge is -2.31. The first kappa shape index (κ1) is 21.5. The quantitative estimate of drug-likeness (QED) is 0.576. The molecule has 1 fully saturated rings. The fraction of sp³-hybridized carbons (Fsp3) is 0.320. The standard InChI is InChI=1S/C25H26N4O3S/c1-16-4-2-6-20(12-16)26-25(31)29-10-3-5-19(14-29)23(30)28-24-27-21(15-33-24)17-7-8-22-18(13-17)9-11-32-22/h2,4,6-8,12-13,15,19H,3,5,9-11,14H2,1H3,(H,26,31)(H,27,28,30). The molecule has 7 nitrogen and oxygen atoms in total. The predicted octanol–water partition coefficient (Wildman–Crippen LogP) is 4.94. The molecule has 1 saturated heterocycles. The van der Waals surface area contributed by atoms with Crippen molar-refractivity contribution < 1.29 is 14.3 Å². The number of piperidine rings is 1. The lowest BCUT2D eigenvalue weighted by atomic mass is 9.97. The van der Waals surface area contributed by atoms with Gasteiger partial charge in [0.25, 0.3) is 0 Å². The summed E-state index contributed by atoms with van der Waals surface area (Å²) in [5.74, 6) is 0.591. The molecule has 1 atom stereocenters. The van der Waals surface area contributed by atoms with Gasteiger partial charge >= 0.3 is 6.03 Å². The molecule has 3 aromatic rings. The van der Waals surface area contributed by atoms with Crippen molar-refractivity contribution in [2.24, 2.45) is 5.92 Å². The van der Waals surface area contributed by atoms with Gasteiger partial charge in [-0.1, -0.05) is 12.1 Å². The van der Waals surface area contributed by atoms with E-state index in [1.807, 2.05) is 48.7 Å². The van der Waals surface area contributed by atoms with Gasteiger partial charge in [-0.15, -0.1) is 11.3 Å². The summed E-state index contributed by atoms with van der Waals surface area (Å²) in [6.45, 7) is 3.75. The Bertz CT molecular complexity index is 1190. The molecule has 5 rings (SSSR count). The van der Waals surface area contributed by atoms with E-state index in [1.54, 1.807) is 4.90 Å². The maximum Gasteiger partial charge on any atom is 0.321 e. The molecule has 8 heteroatoms. The number of anilines is 2. The molecule has 0 bridgehead atoms. The number of carbonyl (C=O) groups excluding carboxylic acids is 2. The smallest absolute Gasteiger partial charge is 0.321 e. The second kappa shape index (κ2) is 9.23. The summed E-state index contributed by atoms with van der Waals surface area (Å²) >= 11 is 1.41. The summed E-state index contributed by atoms with van der Waals surface area (Å²) in [5.41, 5.74) is 4.90. The Kier molecular flexibility index (Phi) is 6.00. The van der Waals surface area contributed by atoms with Crippen LogP contribution in [0.4, 0.5) is 15.6 Å². The van der Waals surface area contributed by atoms with Crippen molar-refractivity contribution >= 4 is 34.1 Å². The highest BCUT2D eigenvalue weighted by Crippen LogP contribution is 2.32. The van der Waals surface area contributed by atoms with Gasteiger partial charge in [-0.2, -0.15) is 0 Å². The van der Waals surface area contributed by atoms with E-state index >= 15 is 0 Å². The first-order valence-electron chi connectivity index (χ1n) is 11.2. The predicted molar refractivity (Wildman–Crippen MR) is 130 cm³/mol. The summed E-state index contributed by atoms with van der Waals surface area (Å²) in [7, 11) is 0. The highest BCUT2D eigenvalue weighted by Gasteiger charge is 2.29. The number of thiazole rings is 1. The Morgan fingerprint density at radius 1 is 1.18 bits per heavy atom. The van der Waals surface area contributed by atoms with Crippen molar-refractivity contribution in [1.29, 1.82) is 0 Å². The average Bonchev–Trinajstić information content (AvgIpc) is 3.48. The number of rotatable bonds is 4. The van der Waals surface area contributed by atoms with Crippen molar-refractivity contribution in [3.05, 3.63) is 59.0 Å². The number of aryl methyl sites for hydroxylation is 1. The van der Waals surface area contributed by atoms with E-state index in [0.717, 1.165) is 54.1 Å². The molecule has 3 amide bonds. The monoisotopic (exact) mass is 462 g/mol. The van der Waals surface area contributed by atoms with Crippen LogP contribution in [0.2, 0.25) is 0 Å². The number of nitrogens with zero attached hydrogens (tertiary/aromatic N) is 2. The highest BCUT2D eigenvalue weighted by molar-refractivity contribution is 7.14. The van der Waals surface area contributed by atoms with Gasteiger partial charge in [-0.05, 0) is 61.2 Å². The van der Waals surface area contributed by atoms with Gasteiger partial charge in [-0.25, -0.2) is 9.78 Å². The lowest BCUT2D eigenvalue weighted by Crippen LogP contribution is -2.45. The van der Waals surface area contributed by atoms with Crippen LogP contribution in [-0.4, -0.2) is 41.5 Å². The molecule has 2 aliphatic heterocycles. The molecule has 2 aliphatic rings. The molecular weight excluding hydrogens is 436 g/mol. The summed E-state index contributed by atoms with van der Waals surface area (Å²) in [5, 5.41) is 8.42. The summed E-state index contributed by atoms with van der Waals surface area (Å²) in [4.78, 5) is 32.0. The van der Waals surface area contributed by atoms with E-state index in [4.69, 9.17) is 4.74 Å². The zero-order valence-corrected chi connectivity index (χ0v) is 19.3.